The maximum absolute atomic E-state index is 11.0. The van der Waals surface area contributed by atoms with E-state index in [-0.39, 0.29) is 0 Å². The number of fused-ring (bicyclic) bond motifs is 1. The van der Waals surface area contributed by atoms with Crippen molar-refractivity contribution >= 4 is 22.9 Å². The number of hydrogen-bond donors (Lipinski definition) is 3. The molecule has 2 aromatic carbocycles. The van der Waals surface area contributed by atoms with E-state index in [4.69, 9.17) is 9.94 Å². The van der Waals surface area contributed by atoms with E-state index in [9.17, 15) is 4.79 Å². The fourth-order valence-electron chi connectivity index (χ4n) is 2.13. The predicted molar refractivity (Wildman–Crippen MR) is 83.8 cm³/mol. The molecule has 0 spiro atoms. The molecule has 1 heterocycles. The summed E-state index contributed by atoms with van der Waals surface area (Å²) in [6.07, 6.45) is 4.67. The van der Waals surface area contributed by atoms with Gasteiger partial charge in [-0.15, -0.1) is 0 Å². The maximum Gasteiger partial charge on any atom is 0.267 e. The van der Waals surface area contributed by atoms with E-state index >= 15 is 0 Å². The lowest BCUT2D eigenvalue weighted by atomic mass is 10.1. The van der Waals surface area contributed by atoms with Gasteiger partial charge in [0.1, 0.15) is 5.75 Å². The Bertz CT molecular complexity index is 822. The number of hydrogen-bond acceptors (Lipinski definition) is 3. The molecule has 0 aliphatic heterocycles. The van der Waals surface area contributed by atoms with Gasteiger partial charge in [-0.25, -0.2) is 5.48 Å². The molecule has 1 amide bonds. The van der Waals surface area contributed by atoms with Gasteiger partial charge in [-0.05, 0) is 35.9 Å². The van der Waals surface area contributed by atoms with Crippen molar-refractivity contribution in [3.05, 3.63) is 66.4 Å². The number of amides is 1. The zero-order chi connectivity index (χ0) is 15.4. The van der Waals surface area contributed by atoms with Crippen molar-refractivity contribution in [1.29, 1.82) is 0 Å². The molecule has 1 aromatic heterocycles. The molecule has 0 fully saturated rings. The van der Waals surface area contributed by atoms with Crippen LogP contribution < -0.4 is 10.2 Å². The predicted octanol–water partition coefficient (Wildman–Crippen LogP) is 3.48. The Morgan fingerprint density at radius 2 is 2.00 bits per heavy atom. The first-order valence-electron chi connectivity index (χ1n) is 6.72. The van der Waals surface area contributed by atoms with Crippen molar-refractivity contribution in [3.8, 4) is 11.5 Å². The molecule has 0 aliphatic carbocycles. The van der Waals surface area contributed by atoms with E-state index in [2.05, 4.69) is 4.98 Å². The Morgan fingerprint density at radius 3 is 2.77 bits per heavy atom. The first-order chi connectivity index (χ1) is 10.8. The number of para-hydroxylation sites is 1. The maximum atomic E-state index is 11.0. The summed E-state index contributed by atoms with van der Waals surface area (Å²) in [6.45, 7) is 0. The fourth-order valence-corrected chi connectivity index (χ4v) is 2.13. The monoisotopic (exact) mass is 294 g/mol. The quantitative estimate of drug-likeness (QED) is 0.392. The minimum absolute atomic E-state index is 0.574. The topological polar surface area (TPSA) is 74.4 Å². The highest BCUT2D eigenvalue weighted by molar-refractivity contribution is 5.93. The van der Waals surface area contributed by atoms with Gasteiger partial charge in [0.25, 0.3) is 5.91 Å². The molecule has 22 heavy (non-hydrogen) atoms. The number of carbonyl (C=O) groups is 1. The Morgan fingerprint density at radius 1 is 1.18 bits per heavy atom. The van der Waals surface area contributed by atoms with Crippen LogP contribution in [-0.2, 0) is 4.79 Å². The summed E-state index contributed by atoms with van der Waals surface area (Å²) in [7, 11) is 0. The first-order valence-corrected chi connectivity index (χ1v) is 6.72. The minimum atomic E-state index is -0.574. The Labute approximate surface area is 126 Å². The van der Waals surface area contributed by atoms with E-state index in [0.29, 0.717) is 5.75 Å². The summed E-state index contributed by atoms with van der Waals surface area (Å²) < 4.78 is 5.86. The van der Waals surface area contributed by atoms with Gasteiger partial charge in [0, 0.05) is 23.2 Å². The zero-order valence-corrected chi connectivity index (χ0v) is 11.6. The standard InChI is InChI=1S/C17H14N2O3/c20-17(19-21)9-7-12-6-8-15-14(10-12)16(11-18-15)22-13-4-2-1-3-5-13/h1-11,18,21H,(H,19,20). The van der Waals surface area contributed by atoms with Crippen LogP contribution in [0.25, 0.3) is 17.0 Å². The Hall–Kier alpha value is -3.05. The molecule has 0 bridgehead atoms. The first kappa shape index (κ1) is 13.9. The molecule has 0 atom stereocenters. The number of nitrogens with one attached hydrogen (secondary N) is 2. The van der Waals surface area contributed by atoms with Crippen LogP contribution >= 0.6 is 0 Å². The van der Waals surface area contributed by atoms with Gasteiger partial charge in [-0.2, -0.15) is 0 Å². The number of carbonyl (C=O) groups excluding carboxylic acids is 1. The van der Waals surface area contributed by atoms with Gasteiger partial charge in [0.05, 0.1) is 0 Å². The van der Waals surface area contributed by atoms with E-state index in [1.54, 1.807) is 17.8 Å². The highest BCUT2D eigenvalue weighted by Gasteiger charge is 2.06. The van der Waals surface area contributed by atoms with Crippen LogP contribution in [0.3, 0.4) is 0 Å². The third-order valence-corrected chi connectivity index (χ3v) is 3.18. The molecule has 5 nitrogen and oxygen atoms in total. The fraction of sp³-hybridized carbons (Fsp3) is 0. The normalized spacial score (nSPS) is 11.0. The number of hydroxylamine groups is 1. The minimum Gasteiger partial charge on any atom is -0.455 e. The summed E-state index contributed by atoms with van der Waals surface area (Å²) in [6, 6.07) is 15.2. The molecule has 3 aromatic rings. The average molecular weight is 294 g/mol. The third kappa shape index (κ3) is 2.99. The molecule has 0 saturated carbocycles. The van der Waals surface area contributed by atoms with Gasteiger partial charge >= 0.3 is 0 Å². The second kappa shape index (κ2) is 6.15. The number of benzene rings is 2. The summed E-state index contributed by atoms with van der Waals surface area (Å²) in [4.78, 5) is 14.2. The average Bonchev–Trinajstić information content (AvgIpc) is 2.96. The number of aromatic amines is 1. The van der Waals surface area contributed by atoms with Crippen molar-refractivity contribution in [2.24, 2.45) is 0 Å². The molecule has 110 valence electrons. The molecule has 0 saturated heterocycles. The number of aromatic nitrogens is 1. The summed E-state index contributed by atoms with van der Waals surface area (Å²) in [5, 5.41) is 9.40. The largest absolute Gasteiger partial charge is 0.455 e. The van der Waals surface area contributed by atoms with E-state index in [1.165, 1.54) is 6.08 Å². The van der Waals surface area contributed by atoms with Crippen LogP contribution in [0.5, 0.6) is 11.5 Å². The lowest BCUT2D eigenvalue weighted by Crippen LogP contribution is -2.14. The Balaban J connectivity index is 1.92. The third-order valence-electron chi connectivity index (χ3n) is 3.18. The summed E-state index contributed by atoms with van der Waals surface area (Å²) in [5.41, 5.74) is 3.32. The highest BCUT2D eigenvalue weighted by atomic mass is 16.5. The molecular formula is C17H14N2O3. The van der Waals surface area contributed by atoms with Gasteiger partial charge in [-0.1, -0.05) is 24.3 Å². The molecular weight excluding hydrogens is 280 g/mol. The van der Waals surface area contributed by atoms with Crippen molar-refractivity contribution in [2.45, 2.75) is 0 Å². The van der Waals surface area contributed by atoms with E-state index < -0.39 is 5.91 Å². The van der Waals surface area contributed by atoms with Crippen LogP contribution in [0, 0.1) is 0 Å². The molecule has 5 heteroatoms. The van der Waals surface area contributed by atoms with Crippen LogP contribution in [0.1, 0.15) is 5.56 Å². The zero-order valence-electron chi connectivity index (χ0n) is 11.6. The van der Waals surface area contributed by atoms with Crippen molar-refractivity contribution in [3.63, 3.8) is 0 Å². The van der Waals surface area contributed by atoms with Gasteiger partial charge in [0.2, 0.25) is 0 Å². The number of rotatable bonds is 4. The highest BCUT2D eigenvalue weighted by Crippen LogP contribution is 2.30. The molecule has 0 aliphatic rings. The van der Waals surface area contributed by atoms with Gasteiger partial charge in [-0.3, -0.25) is 10.0 Å². The number of H-pyrrole nitrogens is 1. The molecule has 3 N–H and O–H groups in total. The van der Waals surface area contributed by atoms with Crippen LogP contribution in [0.2, 0.25) is 0 Å². The second-order valence-corrected chi connectivity index (χ2v) is 4.68. The summed E-state index contributed by atoms with van der Waals surface area (Å²) in [5.74, 6) is 0.891. The van der Waals surface area contributed by atoms with Crippen LogP contribution in [-0.4, -0.2) is 16.1 Å². The van der Waals surface area contributed by atoms with Crippen LogP contribution in [0.15, 0.2) is 60.8 Å². The summed E-state index contributed by atoms with van der Waals surface area (Å²) >= 11 is 0. The van der Waals surface area contributed by atoms with Crippen molar-refractivity contribution in [2.75, 3.05) is 0 Å². The SMILES string of the molecule is O=C(C=Cc1ccc2[nH]cc(Oc3ccccc3)c2c1)NO. The lowest BCUT2D eigenvalue weighted by Gasteiger charge is -2.04. The van der Waals surface area contributed by atoms with Crippen molar-refractivity contribution < 1.29 is 14.7 Å². The smallest absolute Gasteiger partial charge is 0.267 e. The van der Waals surface area contributed by atoms with Gasteiger partial charge in [0.15, 0.2) is 5.75 Å². The van der Waals surface area contributed by atoms with E-state index in [0.717, 1.165) is 22.2 Å². The van der Waals surface area contributed by atoms with Crippen molar-refractivity contribution in [1.82, 2.24) is 10.5 Å². The number of ether oxygens (including phenoxy) is 1. The Kier molecular flexibility index (Phi) is 3.89. The van der Waals surface area contributed by atoms with Crippen LogP contribution in [0.4, 0.5) is 0 Å². The van der Waals surface area contributed by atoms with Gasteiger partial charge < -0.3 is 9.72 Å². The molecule has 0 radical (unpaired) electrons. The lowest BCUT2D eigenvalue weighted by molar-refractivity contribution is -0.124. The molecule has 0 unspecified atom stereocenters. The second-order valence-electron chi connectivity index (χ2n) is 4.68. The molecule has 3 rings (SSSR count). The van der Waals surface area contributed by atoms with E-state index in [1.807, 2.05) is 48.5 Å².